The highest BCUT2D eigenvalue weighted by Gasteiger charge is 2.14. The van der Waals surface area contributed by atoms with Crippen LogP contribution in [0.25, 0.3) is 22.0 Å². The largest absolute Gasteiger partial charge is 0.497 e. The molecule has 33 heavy (non-hydrogen) atoms. The molecule has 2 aromatic carbocycles. The van der Waals surface area contributed by atoms with Crippen molar-refractivity contribution in [2.45, 2.75) is 17.9 Å². The monoisotopic (exact) mass is 485 g/mol. The lowest BCUT2D eigenvalue weighted by atomic mass is 10.2. The summed E-state index contributed by atoms with van der Waals surface area (Å²) in [4.78, 5) is 4.74. The normalized spacial score (nSPS) is 10.8. The van der Waals surface area contributed by atoms with Crippen molar-refractivity contribution in [2.24, 2.45) is 0 Å². The van der Waals surface area contributed by atoms with Crippen molar-refractivity contribution < 1.29 is 23.4 Å². The Morgan fingerprint density at radius 3 is 2.39 bits per heavy atom. The second-order valence-electron chi connectivity index (χ2n) is 6.71. The van der Waals surface area contributed by atoms with Crippen molar-refractivity contribution in [3.05, 3.63) is 47.5 Å². The predicted molar refractivity (Wildman–Crippen MR) is 128 cm³/mol. The summed E-state index contributed by atoms with van der Waals surface area (Å²) in [7, 11) is 4.82. The summed E-state index contributed by atoms with van der Waals surface area (Å²) in [6.07, 6.45) is 0. The number of ether oxygens (including phenoxy) is 4. The van der Waals surface area contributed by atoms with Crippen molar-refractivity contribution in [3.8, 4) is 45.0 Å². The molecule has 0 atom stereocenters. The Morgan fingerprint density at radius 2 is 1.70 bits per heavy atom. The Hall–Kier alpha value is -3.24. The van der Waals surface area contributed by atoms with Gasteiger partial charge in [0.2, 0.25) is 5.89 Å². The lowest BCUT2D eigenvalue weighted by molar-refractivity contribution is 0.311. The number of thioether (sulfide) groups is 1. The summed E-state index contributed by atoms with van der Waals surface area (Å²) in [5.41, 5.74) is 2.63. The molecule has 2 heterocycles. The lowest BCUT2D eigenvalue weighted by Crippen LogP contribution is -1.95. The van der Waals surface area contributed by atoms with Crippen LogP contribution in [0, 0.1) is 0 Å². The Bertz CT molecular complexity index is 1200. The van der Waals surface area contributed by atoms with Gasteiger partial charge < -0.3 is 23.4 Å². The third-order valence-corrected chi connectivity index (χ3v) is 6.40. The molecule has 4 rings (SSSR count). The Morgan fingerprint density at radius 1 is 0.909 bits per heavy atom. The molecule has 172 valence electrons. The first kappa shape index (κ1) is 22.9. The van der Waals surface area contributed by atoms with Crippen molar-refractivity contribution in [3.63, 3.8) is 0 Å². The van der Waals surface area contributed by atoms with Gasteiger partial charge in [0.15, 0.2) is 11.5 Å². The zero-order valence-electron chi connectivity index (χ0n) is 18.7. The standard InChI is InChI=1S/C23H23N3O5S2/c1-5-30-19-7-6-14(10-20(19)29-4)22-24-16(12-32-22)13-33-23-26-25-21(31-23)15-8-17(27-2)11-18(9-15)28-3/h6-12H,5,13H2,1-4H3. The van der Waals surface area contributed by atoms with E-state index in [9.17, 15) is 0 Å². The molecule has 0 unspecified atom stereocenters. The second kappa shape index (κ2) is 10.6. The highest BCUT2D eigenvalue weighted by molar-refractivity contribution is 7.98. The van der Waals surface area contributed by atoms with Crippen molar-refractivity contribution in [1.29, 1.82) is 0 Å². The van der Waals surface area contributed by atoms with Crippen molar-refractivity contribution in [2.75, 3.05) is 27.9 Å². The van der Waals surface area contributed by atoms with Crippen LogP contribution in [0.3, 0.4) is 0 Å². The fourth-order valence-corrected chi connectivity index (χ4v) is 4.61. The summed E-state index contributed by atoms with van der Waals surface area (Å²) in [5.74, 6) is 3.71. The fraction of sp³-hybridized carbons (Fsp3) is 0.261. The third kappa shape index (κ3) is 5.40. The van der Waals surface area contributed by atoms with Gasteiger partial charge in [0.05, 0.1) is 33.6 Å². The number of thiazole rings is 1. The topological polar surface area (TPSA) is 88.7 Å². The maximum absolute atomic E-state index is 5.82. The Balaban J connectivity index is 1.44. The Kier molecular flexibility index (Phi) is 7.36. The van der Waals surface area contributed by atoms with E-state index in [0.29, 0.717) is 40.7 Å². The maximum atomic E-state index is 5.82. The molecule has 2 aromatic heterocycles. The maximum Gasteiger partial charge on any atom is 0.277 e. The van der Waals surface area contributed by atoms with Crippen LogP contribution in [0.4, 0.5) is 0 Å². The van der Waals surface area contributed by atoms with Crippen LogP contribution in [-0.2, 0) is 5.75 Å². The van der Waals surface area contributed by atoms with Crippen molar-refractivity contribution in [1.82, 2.24) is 15.2 Å². The van der Waals surface area contributed by atoms with Crippen molar-refractivity contribution >= 4 is 23.1 Å². The molecule has 10 heteroatoms. The van der Waals surface area contributed by atoms with Gasteiger partial charge in [-0.2, -0.15) is 0 Å². The first-order valence-electron chi connectivity index (χ1n) is 10.1. The van der Waals surface area contributed by atoms with E-state index in [4.69, 9.17) is 28.3 Å². The molecule has 0 saturated heterocycles. The third-order valence-electron chi connectivity index (χ3n) is 4.61. The number of nitrogens with zero attached hydrogens (tertiary/aromatic N) is 3. The fourth-order valence-electron chi connectivity index (χ4n) is 3.03. The highest BCUT2D eigenvalue weighted by atomic mass is 32.2. The van der Waals surface area contributed by atoms with E-state index < -0.39 is 0 Å². The number of methoxy groups -OCH3 is 3. The quantitative estimate of drug-likeness (QED) is 0.267. The molecule has 0 aliphatic carbocycles. The van der Waals surface area contributed by atoms with Crippen LogP contribution in [0.2, 0.25) is 0 Å². The number of benzene rings is 2. The lowest BCUT2D eigenvalue weighted by Gasteiger charge is -2.09. The smallest absolute Gasteiger partial charge is 0.277 e. The van der Waals surface area contributed by atoms with Gasteiger partial charge in [0.1, 0.15) is 16.5 Å². The average Bonchev–Trinajstić information content (AvgIpc) is 3.52. The minimum atomic E-state index is 0.398. The zero-order chi connectivity index (χ0) is 23.2. The van der Waals surface area contributed by atoms with Gasteiger partial charge in [-0.25, -0.2) is 4.98 Å². The van der Waals surface area contributed by atoms with E-state index >= 15 is 0 Å². The number of hydrogen-bond donors (Lipinski definition) is 0. The summed E-state index contributed by atoms with van der Waals surface area (Å²) in [6.45, 7) is 2.52. The molecule has 0 aliphatic rings. The molecule has 0 aliphatic heterocycles. The molecule has 0 saturated carbocycles. The molecule has 4 aromatic rings. The zero-order valence-corrected chi connectivity index (χ0v) is 20.3. The van der Waals surface area contributed by atoms with E-state index in [2.05, 4.69) is 10.2 Å². The van der Waals surface area contributed by atoms with Gasteiger partial charge in [0, 0.05) is 28.3 Å². The van der Waals surface area contributed by atoms with Crippen LogP contribution in [0.1, 0.15) is 12.6 Å². The summed E-state index contributed by atoms with van der Waals surface area (Å²) < 4.78 is 27.5. The molecular weight excluding hydrogens is 462 g/mol. The molecule has 0 radical (unpaired) electrons. The van der Waals surface area contributed by atoms with Gasteiger partial charge in [-0.15, -0.1) is 21.5 Å². The average molecular weight is 486 g/mol. The second-order valence-corrected chi connectivity index (χ2v) is 8.49. The van der Waals surface area contributed by atoms with Crippen LogP contribution in [0.5, 0.6) is 23.0 Å². The Labute approximate surface area is 199 Å². The van der Waals surface area contributed by atoms with E-state index in [0.717, 1.165) is 27.6 Å². The summed E-state index contributed by atoms with van der Waals surface area (Å²) in [6, 6.07) is 11.3. The molecular formula is C23H23N3O5S2. The molecule has 0 amide bonds. The minimum Gasteiger partial charge on any atom is -0.497 e. The van der Waals surface area contributed by atoms with E-state index in [-0.39, 0.29) is 0 Å². The first-order valence-corrected chi connectivity index (χ1v) is 11.9. The number of aromatic nitrogens is 3. The van der Waals surface area contributed by atoms with E-state index in [1.54, 1.807) is 38.7 Å². The van der Waals surface area contributed by atoms with E-state index in [1.807, 2.05) is 42.6 Å². The SMILES string of the molecule is CCOc1ccc(-c2nc(CSc3nnc(-c4cc(OC)cc(OC)c4)o3)cs2)cc1OC. The van der Waals surface area contributed by atoms with Gasteiger partial charge in [-0.3, -0.25) is 0 Å². The van der Waals surface area contributed by atoms with Crippen LogP contribution >= 0.6 is 23.1 Å². The van der Waals surface area contributed by atoms with Gasteiger partial charge in [-0.05, 0) is 37.3 Å². The molecule has 0 bridgehead atoms. The van der Waals surface area contributed by atoms with Gasteiger partial charge in [0.25, 0.3) is 5.22 Å². The highest BCUT2D eigenvalue weighted by Crippen LogP contribution is 2.35. The van der Waals surface area contributed by atoms with Gasteiger partial charge >= 0.3 is 0 Å². The van der Waals surface area contributed by atoms with Crippen LogP contribution < -0.4 is 18.9 Å². The molecule has 8 nitrogen and oxygen atoms in total. The molecule has 0 N–H and O–H groups in total. The predicted octanol–water partition coefficient (Wildman–Crippen LogP) is 5.58. The van der Waals surface area contributed by atoms with Crippen LogP contribution in [0.15, 0.2) is 51.4 Å². The van der Waals surface area contributed by atoms with E-state index in [1.165, 1.54) is 11.8 Å². The summed E-state index contributed by atoms with van der Waals surface area (Å²) in [5, 5.41) is 11.7. The van der Waals surface area contributed by atoms with Crippen LogP contribution in [-0.4, -0.2) is 43.1 Å². The van der Waals surface area contributed by atoms with Gasteiger partial charge in [-0.1, -0.05) is 11.8 Å². The number of rotatable bonds is 10. The minimum absolute atomic E-state index is 0.398. The molecule has 0 fully saturated rings. The summed E-state index contributed by atoms with van der Waals surface area (Å²) >= 11 is 3.00. The number of hydrogen-bond acceptors (Lipinski definition) is 10. The first-order chi connectivity index (χ1) is 16.1. The molecule has 0 spiro atoms.